The molecule has 3 rings (SSSR count). The largest absolute Gasteiger partial charge is 0.352 e. The zero-order chi connectivity index (χ0) is 22.7. The van der Waals surface area contributed by atoms with E-state index in [4.69, 9.17) is 0 Å². The van der Waals surface area contributed by atoms with Crippen LogP contribution < -0.4 is 16.6 Å². The van der Waals surface area contributed by atoms with Crippen LogP contribution in [0.1, 0.15) is 46.6 Å². The zero-order valence-corrected chi connectivity index (χ0v) is 18.6. The van der Waals surface area contributed by atoms with Crippen molar-refractivity contribution in [1.29, 1.82) is 0 Å². The van der Waals surface area contributed by atoms with Gasteiger partial charge < -0.3 is 5.32 Å². The van der Waals surface area contributed by atoms with Gasteiger partial charge in [0.1, 0.15) is 0 Å². The minimum Gasteiger partial charge on any atom is -0.350 e. The highest BCUT2D eigenvalue weighted by Gasteiger charge is 2.21. The van der Waals surface area contributed by atoms with Gasteiger partial charge in [-0.15, -0.1) is 0 Å². The number of carbonyl (C=O) groups is 1. The summed E-state index contributed by atoms with van der Waals surface area (Å²) in [6.07, 6.45) is 0. The fourth-order valence-corrected chi connectivity index (χ4v) is 3.41. The molecule has 1 N–H and O–H groups in total. The smallest absolute Gasteiger partial charge is 0.350 e. The summed E-state index contributed by atoms with van der Waals surface area (Å²) in [5.41, 5.74) is 2.64. The molecule has 1 aromatic heterocycles. The standard InChI is InChI=1S/C24H28N4O3/c1-15(2)13-25-22(29)21-23(30)27(14-19-8-6-7-16(3)10-19)24(31)28(26-21)20-11-17(4)9-18(5)12-20/h6-12,15H,13-14H2,1-5H3,(H,25,29). The monoisotopic (exact) mass is 420 g/mol. The number of nitrogens with one attached hydrogen (secondary N) is 1. The molecule has 162 valence electrons. The fourth-order valence-electron chi connectivity index (χ4n) is 3.41. The number of carbonyl (C=O) groups excluding carboxylic acids is 1. The minimum absolute atomic E-state index is 0.0527. The van der Waals surface area contributed by atoms with Gasteiger partial charge in [0.2, 0.25) is 5.69 Å². The molecule has 7 heteroatoms. The van der Waals surface area contributed by atoms with Crippen LogP contribution in [-0.4, -0.2) is 26.8 Å². The lowest BCUT2D eigenvalue weighted by molar-refractivity contribution is 0.0939. The van der Waals surface area contributed by atoms with Crippen LogP contribution in [-0.2, 0) is 6.54 Å². The SMILES string of the molecule is Cc1cccc(Cn2c(=O)c(C(=O)NCC(C)C)nn(-c3cc(C)cc(C)c3)c2=O)c1. The normalized spacial score (nSPS) is 11.0. The molecule has 0 aliphatic heterocycles. The van der Waals surface area contributed by atoms with E-state index in [-0.39, 0.29) is 18.2 Å². The molecule has 0 saturated carbocycles. The van der Waals surface area contributed by atoms with E-state index in [0.29, 0.717) is 12.2 Å². The highest BCUT2D eigenvalue weighted by Crippen LogP contribution is 2.11. The van der Waals surface area contributed by atoms with E-state index in [1.807, 2.05) is 65.0 Å². The summed E-state index contributed by atoms with van der Waals surface area (Å²) in [6.45, 7) is 10.1. The Morgan fingerprint density at radius 3 is 2.29 bits per heavy atom. The van der Waals surface area contributed by atoms with Gasteiger partial charge in [0.15, 0.2) is 0 Å². The lowest BCUT2D eigenvalue weighted by Crippen LogP contribution is -2.46. The maximum atomic E-state index is 13.3. The summed E-state index contributed by atoms with van der Waals surface area (Å²) < 4.78 is 2.21. The lowest BCUT2D eigenvalue weighted by Gasteiger charge is -2.14. The highest BCUT2D eigenvalue weighted by atomic mass is 16.2. The average Bonchev–Trinajstić information content (AvgIpc) is 2.68. The van der Waals surface area contributed by atoms with Gasteiger partial charge in [-0.3, -0.25) is 14.2 Å². The van der Waals surface area contributed by atoms with Gasteiger partial charge in [-0.25, -0.2) is 4.79 Å². The summed E-state index contributed by atoms with van der Waals surface area (Å²) in [7, 11) is 0. The molecule has 0 aliphatic carbocycles. The number of hydrogen-bond acceptors (Lipinski definition) is 4. The van der Waals surface area contributed by atoms with Crippen molar-refractivity contribution < 1.29 is 4.79 Å². The van der Waals surface area contributed by atoms with Gasteiger partial charge in [0.25, 0.3) is 11.5 Å². The number of hydrogen-bond donors (Lipinski definition) is 1. The Morgan fingerprint density at radius 1 is 1.00 bits per heavy atom. The van der Waals surface area contributed by atoms with Gasteiger partial charge in [0.05, 0.1) is 12.2 Å². The van der Waals surface area contributed by atoms with E-state index in [1.54, 1.807) is 12.1 Å². The number of benzene rings is 2. The van der Waals surface area contributed by atoms with Crippen LogP contribution in [0, 0.1) is 26.7 Å². The molecule has 0 radical (unpaired) electrons. The van der Waals surface area contributed by atoms with Crippen molar-refractivity contribution in [3.05, 3.63) is 91.3 Å². The summed E-state index contributed by atoms with van der Waals surface area (Å²) in [6, 6.07) is 13.2. The molecule has 0 fully saturated rings. The van der Waals surface area contributed by atoms with Gasteiger partial charge in [-0.1, -0.05) is 49.7 Å². The first-order chi connectivity index (χ1) is 14.7. The summed E-state index contributed by atoms with van der Waals surface area (Å²) in [5.74, 6) is -0.376. The quantitative estimate of drug-likeness (QED) is 0.664. The molecule has 7 nitrogen and oxygen atoms in total. The number of nitrogens with zero attached hydrogens (tertiary/aromatic N) is 3. The van der Waals surface area contributed by atoms with Crippen molar-refractivity contribution >= 4 is 5.91 Å². The summed E-state index contributed by atoms with van der Waals surface area (Å²) in [4.78, 5) is 39.1. The van der Waals surface area contributed by atoms with Gasteiger partial charge in [-0.2, -0.15) is 9.78 Å². The van der Waals surface area contributed by atoms with Crippen molar-refractivity contribution in [3.63, 3.8) is 0 Å². The van der Waals surface area contributed by atoms with Gasteiger partial charge in [0, 0.05) is 6.54 Å². The topological polar surface area (TPSA) is 86.0 Å². The van der Waals surface area contributed by atoms with E-state index in [1.165, 1.54) is 0 Å². The Hall–Kier alpha value is -3.48. The highest BCUT2D eigenvalue weighted by molar-refractivity contribution is 5.91. The van der Waals surface area contributed by atoms with Crippen molar-refractivity contribution in [2.24, 2.45) is 5.92 Å². The van der Waals surface area contributed by atoms with Crippen molar-refractivity contribution in [1.82, 2.24) is 19.7 Å². The van der Waals surface area contributed by atoms with Crippen molar-refractivity contribution in [2.75, 3.05) is 6.54 Å². The molecule has 0 spiro atoms. The van der Waals surface area contributed by atoms with Crippen molar-refractivity contribution in [2.45, 2.75) is 41.2 Å². The van der Waals surface area contributed by atoms with Crippen LogP contribution >= 0.6 is 0 Å². The molecular formula is C24H28N4O3. The van der Waals surface area contributed by atoms with E-state index >= 15 is 0 Å². The molecule has 0 unspecified atom stereocenters. The van der Waals surface area contributed by atoms with Gasteiger partial charge >= 0.3 is 5.69 Å². The summed E-state index contributed by atoms with van der Waals surface area (Å²) in [5, 5.41) is 6.91. The molecule has 1 heterocycles. The molecular weight excluding hydrogens is 392 g/mol. The number of amides is 1. The number of aryl methyl sites for hydroxylation is 3. The third kappa shape index (κ3) is 5.17. The Kier molecular flexibility index (Phi) is 6.53. The van der Waals surface area contributed by atoms with Crippen LogP contribution in [0.5, 0.6) is 0 Å². The zero-order valence-electron chi connectivity index (χ0n) is 18.6. The molecule has 2 aromatic carbocycles. The number of rotatable bonds is 6. The van der Waals surface area contributed by atoms with Crippen LogP contribution in [0.3, 0.4) is 0 Å². The molecule has 0 saturated heterocycles. The third-order valence-corrected chi connectivity index (χ3v) is 4.82. The van der Waals surface area contributed by atoms with Crippen LogP contribution in [0.4, 0.5) is 0 Å². The van der Waals surface area contributed by atoms with Crippen LogP contribution in [0.15, 0.2) is 52.1 Å². The second-order valence-corrected chi connectivity index (χ2v) is 8.37. The Morgan fingerprint density at radius 2 is 1.68 bits per heavy atom. The first-order valence-corrected chi connectivity index (χ1v) is 10.3. The Labute approximate surface area is 181 Å². The first kappa shape index (κ1) is 22.2. The van der Waals surface area contributed by atoms with E-state index in [2.05, 4.69) is 10.4 Å². The van der Waals surface area contributed by atoms with Crippen LogP contribution in [0.2, 0.25) is 0 Å². The summed E-state index contributed by atoms with van der Waals surface area (Å²) >= 11 is 0. The Bertz CT molecular complexity index is 1220. The minimum atomic E-state index is -0.701. The van der Waals surface area contributed by atoms with Crippen LogP contribution in [0.25, 0.3) is 5.69 Å². The Balaban J connectivity index is 2.20. The predicted molar refractivity (Wildman–Crippen MR) is 121 cm³/mol. The van der Waals surface area contributed by atoms with E-state index < -0.39 is 17.2 Å². The molecule has 0 atom stereocenters. The molecule has 3 aromatic rings. The average molecular weight is 421 g/mol. The lowest BCUT2D eigenvalue weighted by atomic mass is 10.1. The molecule has 0 bridgehead atoms. The second kappa shape index (κ2) is 9.12. The molecule has 1 amide bonds. The van der Waals surface area contributed by atoms with Crippen molar-refractivity contribution in [3.8, 4) is 5.69 Å². The molecule has 31 heavy (non-hydrogen) atoms. The second-order valence-electron chi connectivity index (χ2n) is 8.37. The number of aromatic nitrogens is 3. The fraction of sp³-hybridized carbons (Fsp3) is 0.333. The van der Waals surface area contributed by atoms with E-state index in [0.717, 1.165) is 31.5 Å². The van der Waals surface area contributed by atoms with Gasteiger partial charge in [-0.05, 0) is 55.5 Å². The molecule has 0 aliphatic rings. The van der Waals surface area contributed by atoms with E-state index in [9.17, 15) is 14.4 Å². The maximum absolute atomic E-state index is 13.3. The third-order valence-electron chi connectivity index (χ3n) is 4.82. The maximum Gasteiger partial charge on any atom is 0.352 e. The first-order valence-electron chi connectivity index (χ1n) is 10.3. The predicted octanol–water partition coefficient (Wildman–Crippen LogP) is 2.75.